The normalized spacial score (nSPS) is 18.4. The summed E-state index contributed by atoms with van der Waals surface area (Å²) >= 11 is 1.56. The van der Waals surface area contributed by atoms with Crippen LogP contribution < -0.4 is 0 Å². The van der Waals surface area contributed by atoms with Crippen molar-refractivity contribution >= 4 is 23.5 Å². The fourth-order valence-corrected chi connectivity index (χ4v) is 4.93. The zero-order valence-electron chi connectivity index (χ0n) is 15.6. The number of rotatable bonds is 4. The van der Waals surface area contributed by atoms with E-state index < -0.39 is 11.4 Å². The van der Waals surface area contributed by atoms with Gasteiger partial charge >= 0.3 is 5.97 Å². The molecule has 0 bridgehead atoms. The highest BCUT2D eigenvalue weighted by Crippen LogP contribution is 2.44. The van der Waals surface area contributed by atoms with Gasteiger partial charge in [-0.05, 0) is 42.2 Å². The van der Waals surface area contributed by atoms with Gasteiger partial charge in [0.05, 0.1) is 7.11 Å². The lowest BCUT2D eigenvalue weighted by Gasteiger charge is -2.35. The predicted molar refractivity (Wildman–Crippen MR) is 110 cm³/mol. The van der Waals surface area contributed by atoms with Gasteiger partial charge in [-0.3, -0.25) is 9.59 Å². The molecule has 1 aliphatic rings. The molecule has 3 aromatic carbocycles. The third-order valence-corrected chi connectivity index (χ3v) is 6.35. The minimum Gasteiger partial charge on any atom is -0.468 e. The Bertz CT molecular complexity index is 1030. The molecule has 140 valence electrons. The molecule has 1 unspecified atom stereocenters. The highest BCUT2D eigenvalue weighted by atomic mass is 32.2. The first-order valence-electron chi connectivity index (χ1n) is 9.20. The Hall–Kier alpha value is -2.85. The lowest BCUT2D eigenvalue weighted by Crippen LogP contribution is -2.48. The molecular weight excluding hydrogens is 368 g/mol. The minimum atomic E-state index is -1.32. The first-order chi connectivity index (χ1) is 13.7. The van der Waals surface area contributed by atoms with E-state index in [1.165, 1.54) is 7.11 Å². The van der Waals surface area contributed by atoms with Crippen LogP contribution in [-0.4, -0.2) is 18.9 Å². The van der Waals surface area contributed by atoms with Gasteiger partial charge in [0.15, 0.2) is 11.2 Å². The van der Waals surface area contributed by atoms with Crippen molar-refractivity contribution in [2.24, 2.45) is 0 Å². The number of hydrogen-bond donors (Lipinski definition) is 0. The Morgan fingerprint density at radius 3 is 2.39 bits per heavy atom. The van der Waals surface area contributed by atoms with Gasteiger partial charge in [-0.25, -0.2) is 0 Å². The lowest BCUT2D eigenvalue weighted by atomic mass is 9.66. The van der Waals surface area contributed by atoms with Gasteiger partial charge in [0, 0.05) is 15.4 Å². The smallest absolute Gasteiger partial charge is 0.324 e. The Labute approximate surface area is 168 Å². The summed E-state index contributed by atoms with van der Waals surface area (Å²) < 4.78 is 5.17. The average molecular weight is 388 g/mol. The minimum absolute atomic E-state index is 0.178. The van der Waals surface area contributed by atoms with Crippen LogP contribution in [0.15, 0.2) is 88.7 Å². The third kappa shape index (κ3) is 3.04. The van der Waals surface area contributed by atoms with Crippen LogP contribution in [-0.2, 0) is 21.4 Å². The fraction of sp³-hybridized carbons (Fsp3) is 0.167. The van der Waals surface area contributed by atoms with E-state index in [9.17, 15) is 9.59 Å². The Balaban J connectivity index is 1.87. The number of Topliss-reactive ketones (excluding diaryl/α,β-unsaturated/α-hetero) is 1. The number of carbonyl (C=O) groups excluding carboxylic acids is 2. The van der Waals surface area contributed by atoms with Crippen LogP contribution in [0.25, 0.3) is 0 Å². The molecule has 1 aliphatic carbocycles. The van der Waals surface area contributed by atoms with Gasteiger partial charge in [0.1, 0.15) is 0 Å². The summed E-state index contributed by atoms with van der Waals surface area (Å²) in [6.45, 7) is 0. The molecule has 0 amide bonds. The third-order valence-electron chi connectivity index (χ3n) is 5.27. The fourth-order valence-electron chi connectivity index (χ4n) is 3.89. The number of esters is 1. The SMILES string of the molecule is COC(=O)C1(c2ccccc2Sc2ccccc2)CCc2ccccc2C1=O. The number of ether oxygens (including phenoxy) is 1. The van der Waals surface area contributed by atoms with Crippen molar-refractivity contribution in [2.75, 3.05) is 7.11 Å². The summed E-state index contributed by atoms with van der Waals surface area (Å²) in [5.74, 6) is -0.671. The molecule has 1 atom stereocenters. The second-order valence-electron chi connectivity index (χ2n) is 6.79. The molecule has 0 fully saturated rings. The summed E-state index contributed by atoms with van der Waals surface area (Å²) in [7, 11) is 1.35. The van der Waals surface area contributed by atoms with Crippen LogP contribution in [0, 0.1) is 0 Å². The molecule has 0 radical (unpaired) electrons. The average Bonchev–Trinajstić information content (AvgIpc) is 2.75. The van der Waals surface area contributed by atoms with Crippen molar-refractivity contribution < 1.29 is 14.3 Å². The molecule has 0 saturated heterocycles. The van der Waals surface area contributed by atoms with Crippen LogP contribution in [0.5, 0.6) is 0 Å². The summed E-state index contributed by atoms with van der Waals surface area (Å²) in [6.07, 6.45) is 1.06. The van der Waals surface area contributed by atoms with Gasteiger partial charge in [-0.15, -0.1) is 0 Å². The maximum absolute atomic E-state index is 13.6. The molecule has 0 spiro atoms. The summed E-state index contributed by atoms with van der Waals surface area (Å²) in [5, 5.41) is 0. The maximum Gasteiger partial charge on any atom is 0.324 e. The molecular formula is C24H20O3S. The van der Waals surface area contributed by atoms with Crippen molar-refractivity contribution in [3.63, 3.8) is 0 Å². The van der Waals surface area contributed by atoms with Gasteiger partial charge in [0.2, 0.25) is 0 Å². The quantitative estimate of drug-likeness (QED) is 0.462. The highest BCUT2D eigenvalue weighted by Gasteiger charge is 2.52. The van der Waals surface area contributed by atoms with E-state index in [1.54, 1.807) is 11.8 Å². The number of hydrogen-bond acceptors (Lipinski definition) is 4. The van der Waals surface area contributed by atoms with E-state index in [0.29, 0.717) is 18.4 Å². The number of carbonyl (C=O) groups is 2. The van der Waals surface area contributed by atoms with E-state index >= 15 is 0 Å². The van der Waals surface area contributed by atoms with E-state index in [0.717, 1.165) is 20.9 Å². The molecule has 0 aromatic heterocycles. The van der Waals surface area contributed by atoms with Crippen LogP contribution >= 0.6 is 11.8 Å². The lowest BCUT2D eigenvalue weighted by molar-refractivity contribution is -0.146. The van der Waals surface area contributed by atoms with Gasteiger partial charge < -0.3 is 4.74 Å². The van der Waals surface area contributed by atoms with E-state index in [2.05, 4.69) is 0 Å². The zero-order valence-corrected chi connectivity index (χ0v) is 16.4. The summed E-state index contributed by atoms with van der Waals surface area (Å²) in [5.41, 5.74) is 0.996. The second kappa shape index (κ2) is 7.64. The van der Waals surface area contributed by atoms with Gasteiger partial charge in [-0.2, -0.15) is 0 Å². The number of ketones is 1. The zero-order chi connectivity index (χ0) is 19.6. The van der Waals surface area contributed by atoms with E-state index in [4.69, 9.17) is 4.74 Å². The molecule has 3 nitrogen and oxygen atoms in total. The largest absolute Gasteiger partial charge is 0.468 e. The molecule has 0 N–H and O–H groups in total. The molecule has 0 aliphatic heterocycles. The first kappa shape index (κ1) is 18.5. The number of aryl methyl sites for hydroxylation is 1. The number of benzene rings is 3. The van der Waals surface area contributed by atoms with Crippen LogP contribution in [0.3, 0.4) is 0 Å². The maximum atomic E-state index is 13.6. The molecule has 4 heteroatoms. The van der Waals surface area contributed by atoms with Crippen molar-refractivity contribution in [3.8, 4) is 0 Å². The van der Waals surface area contributed by atoms with Crippen LogP contribution in [0.2, 0.25) is 0 Å². The summed E-state index contributed by atoms with van der Waals surface area (Å²) in [6, 6.07) is 25.1. The number of fused-ring (bicyclic) bond motifs is 1. The molecule has 4 rings (SSSR count). The molecule has 3 aromatic rings. The van der Waals surface area contributed by atoms with Crippen molar-refractivity contribution in [2.45, 2.75) is 28.0 Å². The standard InChI is InChI=1S/C24H20O3S/c1-27-23(26)24(16-15-17-9-5-6-12-19(17)22(24)25)20-13-7-8-14-21(20)28-18-10-3-2-4-11-18/h2-14H,15-16H2,1H3. The molecule has 28 heavy (non-hydrogen) atoms. The van der Waals surface area contributed by atoms with Gasteiger partial charge in [0.25, 0.3) is 0 Å². The van der Waals surface area contributed by atoms with Crippen molar-refractivity contribution in [1.29, 1.82) is 0 Å². The van der Waals surface area contributed by atoms with Crippen molar-refractivity contribution in [1.82, 2.24) is 0 Å². The monoisotopic (exact) mass is 388 g/mol. The van der Waals surface area contributed by atoms with Gasteiger partial charge in [-0.1, -0.05) is 72.4 Å². The Morgan fingerprint density at radius 1 is 0.929 bits per heavy atom. The first-order valence-corrected chi connectivity index (χ1v) is 10.0. The molecule has 0 saturated carbocycles. The van der Waals surface area contributed by atoms with Crippen molar-refractivity contribution in [3.05, 3.63) is 95.6 Å². The Morgan fingerprint density at radius 2 is 1.61 bits per heavy atom. The Kier molecular flexibility index (Phi) is 5.05. The van der Waals surface area contributed by atoms with Crippen LogP contribution in [0.1, 0.15) is 27.9 Å². The van der Waals surface area contributed by atoms with Crippen LogP contribution in [0.4, 0.5) is 0 Å². The number of methoxy groups -OCH3 is 1. The topological polar surface area (TPSA) is 43.4 Å². The second-order valence-corrected chi connectivity index (χ2v) is 7.91. The van der Waals surface area contributed by atoms with E-state index in [-0.39, 0.29) is 5.78 Å². The molecule has 0 heterocycles. The summed E-state index contributed by atoms with van der Waals surface area (Å²) in [4.78, 5) is 28.6. The predicted octanol–water partition coefficient (Wildman–Crippen LogP) is 5.08. The highest BCUT2D eigenvalue weighted by molar-refractivity contribution is 7.99. The van der Waals surface area contributed by atoms with E-state index in [1.807, 2.05) is 78.9 Å².